The van der Waals surface area contributed by atoms with Gasteiger partial charge in [0.05, 0.1) is 25.9 Å². The molecule has 5 nitrogen and oxygen atoms in total. The zero-order valence-corrected chi connectivity index (χ0v) is 10.2. The minimum absolute atomic E-state index is 0.344. The molecule has 2 N–H and O–H groups in total. The monoisotopic (exact) mass is 236 g/mol. The maximum Gasteiger partial charge on any atom is 0.178 e. The number of hydrogen-bond acceptors (Lipinski definition) is 5. The van der Waals surface area contributed by atoms with E-state index in [1.165, 1.54) is 14.2 Å². The molecule has 0 bridgehead atoms. The van der Waals surface area contributed by atoms with Crippen molar-refractivity contribution in [1.82, 2.24) is 5.32 Å². The summed E-state index contributed by atoms with van der Waals surface area (Å²) in [4.78, 5) is 0. The van der Waals surface area contributed by atoms with E-state index in [-0.39, 0.29) is 0 Å². The fraction of sp³-hybridized carbons (Fsp3) is 0.417. The third-order valence-corrected chi connectivity index (χ3v) is 2.40. The number of nitriles is 1. The highest BCUT2D eigenvalue weighted by Crippen LogP contribution is 2.33. The molecule has 0 saturated heterocycles. The van der Waals surface area contributed by atoms with Crippen LogP contribution in [0.2, 0.25) is 0 Å². The standard InChI is InChI=1S/C12H16N2O3/c1-14-7-10(15)8-4-9(6-13)12(17-3)11(5-8)16-2/h4-5,10,14-15H,7H2,1-3H3. The number of nitrogens with one attached hydrogen (secondary N) is 1. The Bertz CT molecular complexity index is 426. The summed E-state index contributed by atoms with van der Waals surface area (Å²) < 4.78 is 10.2. The van der Waals surface area contributed by atoms with Crippen molar-refractivity contribution in [3.05, 3.63) is 23.3 Å². The van der Waals surface area contributed by atoms with E-state index in [1.54, 1.807) is 19.2 Å². The van der Waals surface area contributed by atoms with Crippen LogP contribution in [0, 0.1) is 11.3 Å². The van der Waals surface area contributed by atoms with Crippen LogP contribution in [0.15, 0.2) is 12.1 Å². The van der Waals surface area contributed by atoms with Gasteiger partial charge in [0.2, 0.25) is 0 Å². The second-order valence-corrected chi connectivity index (χ2v) is 3.49. The van der Waals surface area contributed by atoms with Gasteiger partial charge in [0.15, 0.2) is 11.5 Å². The Kier molecular flexibility index (Phi) is 4.76. The summed E-state index contributed by atoms with van der Waals surface area (Å²) in [5.74, 6) is 0.826. The SMILES string of the molecule is CNCC(O)c1cc(C#N)c(OC)c(OC)c1. The lowest BCUT2D eigenvalue weighted by Gasteiger charge is -2.15. The Labute approximate surface area is 101 Å². The van der Waals surface area contributed by atoms with Gasteiger partial charge >= 0.3 is 0 Å². The van der Waals surface area contributed by atoms with E-state index in [2.05, 4.69) is 5.32 Å². The van der Waals surface area contributed by atoms with Crippen LogP contribution in [0.5, 0.6) is 11.5 Å². The Hall–Kier alpha value is -1.77. The summed E-state index contributed by atoms with van der Waals surface area (Å²) >= 11 is 0. The number of likely N-dealkylation sites (N-methyl/N-ethyl adjacent to an activating group) is 1. The van der Waals surface area contributed by atoms with Gasteiger partial charge in [0, 0.05) is 6.54 Å². The third kappa shape index (κ3) is 2.87. The molecule has 0 spiro atoms. The Morgan fingerprint density at radius 2 is 2.12 bits per heavy atom. The molecule has 0 saturated carbocycles. The van der Waals surface area contributed by atoms with Crippen molar-refractivity contribution in [3.8, 4) is 17.6 Å². The highest BCUT2D eigenvalue weighted by atomic mass is 16.5. The largest absolute Gasteiger partial charge is 0.493 e. The lowest BCUT2D eigenvalue weighted by molar-refractivity contribution is 0.177. The minimum atomic E-state index is -0.688. The normalized spacial score (nSPS) is 11.7. The maximum atomic E-state index is 9.86. The topological polar surface area (TPSA) is 74.5 Å². The van der Waals surface area contributed by atoms with Crippen LogP contribution in [-0.2, 0) is 0 Å². The molecule has 5 heteroatoms. The second kappa shape index (κ2) is 6.09. The minimum Gasteiger partial charge on any atom is -0.493 e. The van der Waals surface area contributed by atoms with E-state index >= 15 is 0 Å². The van der Waals surface area contributed by atoms with Gasteiger partial charge in [-0.1, -0.05) is 0 Å². The lowest BCUT2D eigenvalue weighted by Crippen LogP contribution is -2.17. The number of aliphatic hydroxyl groups excluding tert-OH is 1. The van der Waals surface area contributed by atoms with E-state index in [0.717, 1.165) is 0 Å². The van der Waals surface area contributed by atoms with Crippen LogP contribution < -0.4 is 14.8 Å². The second-order valence-electron chi connectivity index (χ2n) is 3.49. The van der Waals surface area contributed by atoms with E-state index in [0.29, 0.717) is 29.2 Å². The van der Waals surface area contributed by atoms with Gasteiger partial charge in [-0.25, -0.2) is 0 Å². The zero-order valence-electron chi connectivity index (χ0n) is 10.2. The van der Waals surface area contributed by atoms with Crippen molar-refractivity contribution in [2.45, 2.75) is 6.10 Å². The summed E-state index contributed by atoms with van der Waals surface area (Å²) in [5.41, 5.74) is 0.963. The molecule has 1 rings (SSSR count). The molecule has 1 atom stereocenters. The number of ether oxygens (including phenoxy) is 2. The van der Waals surface area contributed by atoms with E-state index in [9.17, 15) is 5.11 Å². The van der Waals surface area contributed by atoms with Gasteiger partial charge in [-0.15, -0.1) is 0 Å². The Morgan fingerprint density at radius 1 is 1.41 bits per heavy atom. The molecular weight excluding hydrogens is 220 g/mol. The number of aliphatic hydroxyl groups is 1. The molecule has 0 fully saturated rings. The lowest BCUT2D eigenvalue weighted by atomic mass is 10.0. The average molecular weight is 236 g/mol. The third-order valence-electron chi connectivity index (χ3n) is 2.40. The van der Waals surface area contributed by atoms with Crippen LogP contribution in [0.25, 0.3) is 0 Å². The van der Waals surface area contributed by atoms with Gasteiger partial charge in [-0.05, 0) is 24.7 Å². The van der Waals surface area contributed by atoms with Crippen molar-refractivity contribution in [2.24, 2.45) is 0 Å². The van der Waals surface area contributed by atoms with Gasteiger partial charge in [-0.3, -0.25) is 0 Å². The van der Waals surface area contributed by atoms with Crippen LogP contribution >= 0.6 is 0 Å². The molecule has 0 aliphatic heterocycles. The molecule has 0 radical (unpaired) electrons. The summed E-state index contributed by atoms with van der Waals surface area (Å²) in [7, 11) is 4.71. The van der Waals surface area contributed by atoms with Gasteiger partial charge in [0.25, 0.3) is 0 Å². The number of nitrogens with zero attached hydrogens (tertiary/aromatic N) is 1. The number of benzene rings is 1. The molecule has 17 heavy (non-hydrogen) atoms. The first kappa shape index (κ1) is 13.3. The van der Waals surface area contributed by atoms with Crippen molar-refractivity contribution >= 4 is 0 Å². The molecule has 0 amide bonds. The number of hydrogen-bond donors (Lipinski definition) is 2. The van der Waals surface area contributed by atoms with Crippen molar-refractivity contribution in [2.75, 3.05) is 27.8 Å². The summed E-state index contributed by atoms with van der Waals surface area (Å²) in [6.45, 7) is 0.403. The fourth-order valence-electron chi connectivity index (χ4n) is 1.57. The van der Waals surface area contributed by atoms with Crippen LogP contribution in [0.3, 0.4) is 0 Å². The highest BCUT2D eigenvalue weighted by molar-refractivity contribution is 5.55. The molecule has 0 aromatic heterocycles. The van der Waals surface area contributed by atoms with Crippen molar-refractivity contribution in [3.63, 3.8) is 0 Å². The van der Waals surface area contributed by atoms with Gasteiger partial charge in [0.1, 0.15) is 6.07 Å². The van der Waals surface area contributed by atoms with Gasteiger partial charge in [-0.2, -0.15) is 5.26 Å². The van der Waals surface area contributed by atoms with Crippen molar-refractivity contribution in [1.29, 1.82) is 5.26 Å². The quantitative estimate of drug-likeness (QED) is 0.792. The molecule has 1 aromatic rings. The Morgan fingerprint density at radius 3 is 2.59 bits per heavy atom. The molecule has 0 aliphatic rings. The predicted molar refractivity (Wildman–Crippen MR) is 63.1 cm³/mol. The average Bonchev–Trinajstić information content (AvgIpc) is 2.37. The smallest absolute Gasteiger partial charge is 0.178 e. The molecule has 0 heterocycles. The zero-order chi connectivity index (χ0) is 12.8. The first-order valence-corrected chi connectivity index (χ1v) is 5.16. The van der Waals surface area contributed by atoms with E-state index in [4.69, 9.17) is 14.7 Å². The summed E-state index contributed by atoms with van der Waals surface area (Å²) in [6, 6.07) is 5.29. The molecule has 1 aromatic carbocycles. The first-order chi connectivity index (χ1) is 8.17. The van der Waals surface area contributed by atoms with Gasteiger partial charge < -0.3 is 19.9 Å². The summed E-state index contributed by atoms with van der Waals surface area (Å²) in [5, 5.41) is 21.7. The van der Waals surface area contributed by atoms with Crippen LogP contribution in [-0.4, -0.2) is 32.9 Å². The van der Waals surface area contributed by atoms with Crippen LogP contribution in [0.4, 0.5) is 0 Å². The Balaban J connectivity index is 3.23. The number of methoxy groups -OCH3 is 2. The van der Waals surface area contributed by atoms with Crippen molar-refractivity contribution < 1.29 is 14.6 Å². The van der Waals surface area contributed by atoms with E-state index < -0.39 is 6.10 Å². The highest BCUT2D eigenvalue weighted by Gasteiger charge is 2.15. The summed E-state index contributed by atoms with van der Waals surface area (Å²) in [6.07, 6.45) is -0.688. The molecule has 92 valence electrons. The molecular formula is C12H16N2O3. The fourth-order valence-corrected chi connectivity index (χ4v) is 1.57. The molecule has 1 unspecified atom stereocenters. The first-order valence-electron chi connectivity index (χ1n) is 5.16. The van der Waals surface area contributed by atoms with Crippen LogP contribution in [0.1, 0.15) is 17.2 Å². The predicted octanol–water partition coefficient (Wildman–Crippen LogP) is 0.828. The number of rotatable bonds is 5. The maximum absolute atomic E-state index is 9.86. The molecule has 0 aliphatic carbocycles. The van der Waals surface area contributed by atoms with E-state index in [1.807, 2.05) is 6.07 Å².